The minimum absolute atomic E-state index is 0.161. The normalized spacial score (nSPS) is 10.6. The molecule has 0 aliphatic rings. The molecule has 0 bridgehead atoms. The molecule has 0 saturated carbocycles. The lowest BCUT2D eigenvalue weighted by Gasteiger charge is -2.06. The lowest BCUT2D eigenvalue weighted by molar-refractivity contribution is -0.146. The molecule has 5 heteroatoms. The number of ether oxygens (including phenoxy) is 3. The molecule has 0 amide bonds. The first kappa shape index (κ1) is 22.9. The number of rotatable bonds is 17. The van der Waals surface area contributed by atoms with Gasteiger partial charge in [0.15, 0.2) is 0 Å². The first-order valence-electron chi connectivity index (χ1n) is 9.50. The van der Waals surface area contributed by atoms with Gasteiger partial charge in [0.2, 0.25) is 0 Å². The van der Waals surface area contributed by atoms with Crippen molar-refractivity contribution in [2.75, 3.05) is 26.9 Å². The molecule has 142 valence electrons. The van der Waals surface area contributed by atoms with Gasteiger partial charge in [0.05, 0.1) is 13.2 Å². The Balaban J connectivity index is 3.28. The van der Waals surface area contributed by atoms with Crippen LogP contribution >= 0.6 is 0 Å². The Labute approximate surface area is 147 Å². The van der Waals surface area contributed by atoms with Gasteiger partial charge in [-0.1, -0.05) is 51.9 Å². The van der Waals surface area contributed by atoms with E-state index in [9.17, 15) is 9.59 Å². The molecule has 5 nitrogen and oxygen atoms in total. The summed E-state index contributed by atoms with van der Waals surface area (Å²) in [6.45, 7) is 3.45. The summed E-state index contributed by atoms with van der Waals surface area (Å²) in [6.07, 6.45) is 11.9. The molecule has 0 unspecified atom stereocenters. The summed E-state index contributed by atoms with van der Waals surface area (Å²) in [6, 6.07) is 0. The third kappa shape index (κ3) is 17.3. The quantitative estimate of drug-likeness (QED) is 0.289. The summed E-state index contributed by atoms with van der Waals surface area (Å²) in [5.41, 5.74) is 0. The monoisotopic (exact) mass is 344 g/mol. The second-order valence-electron chi connectivity index (χ2n) is 6.12. The lowest BCUT2D eigenvalue weighted by atomic mass is 10.1. The topological polar surface area (TPSA) is 61.8 Å². The number of esters is 2. The minimum Gasteiger partial charge on any atom is -0.466 e. The molecule has 0 heterocycles. The van der Waals surface area contributed by atoms with Crippen molar-refractivity contribution in [2.24, 2.45) is 0 Å². The van der Waals surface area contributed by atoms with Crippen molar-refractivity contribution in [3.8, 4) is 0 Å². The van der Waals surface area contributed by atoms with Crippen molar-refractivity contribution in [3.63, 3.8) is 0 Å². The summed E-state index contributed by atoms with van der Waals surface area (Å²) in [5.74, 6) is -0.398. The standard InChI is InChI=1S/C19H36O5/c1-3-4-5-6-7-8-9-12-15-23-18(20)13-10-11-14-19(21)24-17-16-22-2/h3-17H2,1-2H3. The van der Waals surface area contributed by atoms with Crippen LogP contribution < -0.4 is 0 Å². The van der Waals surface area contributed by atoms with E-state index in [1.54, 1.807) is 7.11 Å². The van der Waals surface area contributed by atoms with Crippen LogP contribution in [0.5, 0.6) is 0 Å². The van der Waals surface area contributed by atoms with Gasteiger partial charge in [0.1, 0.15) is 6.61 Å². The zero-order valence-corrected chi connectivity index (χ0v) is 15.6. The van der Waals surface area contributed by atoms with Gasteiger partial charge in [0, 0.05) is 20.0 Å². The van der Waals surface area contributed by atoms with E-state index >= 15 is 0 Å². The summed E-state index contributed by atoms with van der Waals surface area (Å²) in [4.78, 5) is 22.9. The molecule has 0 fully saturated rings. The van der Waals surface area contributed by atoms with Crippen LogP contribution in [0, 0.1) is 0 Å². The molecule has 0 aliphatic heterocycles. The maximum absolute atomic E-state index is 11.6. The van der Waals surface area contributed by atoms with Gasteiger partial charge in [-0.05, 0) is 19.3 Å². The van der Waals surface area contributed by atoms with Crippen molar-refractivity contribution < 1.29 is 23.8 Å². The van der Waals surface area contributed by atoms with Gasteiger partial charge in [-0.2, -0.15) is 0 Å². The fourth-order valence-corrected chi connectivity index (χ4v) is 2.34. The van der Waals surface area contributed by atoms with E-state index in [1.165, 1.54) is 38.5 Å². The highest BCUT2D eigenvalue weighted by Crippen LogP contribution is 2.09. The lowest BCUT2D eigenvalue weighted by Crippen LogP contribution is -2.10. The number of hydrogen-bond acceptors (Lipinski definition) is 5. The van der Waals surface area contributed by atoms with Gasteiger partial charge in [-0.25, -0.2) is 0 Å². The maximum Gasteiger partial charge on any atom is 0.305 e. The highest BCUT2D eigenvalue weighted by Gasteiger charge is 2.06. The van der Waals surface area contributed by atoms with Crippen LogP contribution in [0.2, 0.25) is 0 Å². The van der Waals surface area contributed by atoms with E-state index in [-0.39, 0.29) is 18.5 Å². The van der Waals surface area contributed by atoms with Crippen LogP contribution in [0.15, 0.2) is 0 Å². The predicted molar refractivity (Wildman–Crippen MR) is 94.9 cm³/mol. The predicted octanol–water partition coefficient (Wildman–Crippen LogP) is 4.42. The van der Waals surface area contributed by atoms with E-state index in [0.29, 0.717) is 38.9 Å². The van der Waals surface area contributed by atoms with E-state index in [0.717, 1.165) is 12.8 Å². The zero-order chi connectivity index (χ0) is 17.9. The van der Waals surface area contributed by atoms with Crippen molar-refractivity contribution in [2.45, 2.75) is 84.0 Å². The molecular formula is C19H36O5. The molecule has 0 aliphatic carbocycles. The smallest absolute Gasteiger partial charge is 0.305 e. The first-order valence-corrected chi connectivity index (χ1v) is 9.50. The van der Waals surface area contributed by atoms with Gasteiger partial charge in [-0.3, -0.25) is 9.59 Å². The average Bonchev–Trinajstić information content (AvgIpc) is 2.57. The Kier molecular flexibility index (Phi) is 17.4. The van der Waals surface area contributed by atoms with Crippen molar-refractivity contribution in [1.29, 1.82) is 0 Å². The molecule has 24 heavy (non-hydrogen) atoms. The number of methoxy groups -OCH3 is 1. The summed E-state index contributed by atoms with van der Waals surface area (Å²) >= 11 is 0. The Morgan fingerprint density at radius 2 is 1.12 bits per heavy atom. The Hall–Kier alpha value is -1.10. The Morgan fingerprint density at radius 1 is 0.625 bits per heavy atom. The van der Waals surface area contributed by atoms with Gasteiger partial charge in [0.25, 0.3) is 0 Å². The van der Waals surface area contributed by atoms with Crippen molar-refractivity contribution in [3.05, 3.63) is 0 Å². The summed E-state index contributed by atoms with van der Waals surface area (Å²) < 4.78 is 14.9. The highest BCUT2D eigenvalue weighted by molar-refractivity contribution is 5.70. The SMILES string of the molecule is CCCCCCCCCCOC(=O)CCCCC(=O)OCCOC. The van der Waals surface area contributed by atoms with Crippen LogP contribution in [-0.4, -0.2) is 38.9 Å². The molecule has 0 aromatic rings. The second kappa shape index (κ2) is 18.2. The number of hydrogen-bond donors (Lipinski definition) is 0. The van der Waals surface area contributed by atoms with Crippen molar-refractivity contribution >= 4 is 11.9 Å². The highest BCUT2D eigenvalue weighted by atomic mass is 16.6. The van der Waals surface area contributed by atoms with E-state index < -0.39 is 0 Å². The molecule has 0 radical (unpaired) electrons. The second-order valence-corrected chi connectivity index (χ2v) is 6.12. The molecule has 0 N–H and O–H groups in total. The number of carbonyl (C=O) groups is 2. The van der Waals surface area contributed by atoms with E-state index in [2.05, 4.69) is 6.92 Å². The van der Waals surface area contributed by atoms with Crippen LogP contribution in [0.3, 0.4) is 0 Å². The van der Waals surface area contributed by atoms with Crippen LogP contribution in [-0.2, 0) is 23.8 Å². The molecule has 0 spiro atoms. The van der Waals surface area contributed by atoms with Gasteiger partial charge in [-0.15, -0.1) is 0 Å². The van der Waals surface area contributed by atoms with Crippen LogP contribution in [0.4, 0.5) is 0 Å². The average molecular weight is 344 g/mol. The first-order chi connectivity index (χ1) is 11.7. The van der Waals surface area contributed by atoms with Crippen LogP contribution in [0.25, 0.3) is 0 Å². The van der Waals surface area contributed by atoms with Crippen LogP contribution in [0.1, 0.15) is 84.0 Å². The number of unbranched alkanes of at least 4 members (excludes halogenated alkanes) is 8. The zero-order valence-electron chi connectivity index (χ0n) is 15.6. The van der Waals surface area contributed by atoms with E-state index in [4.69, 9.17) is 14.2 Å². The molecular weight excluding hydrogens is 308 g/mol. The molecule has 0 rings (SSSR count). The van der Waals surface area contributed by atoms with Gasteiger partial charge < -0.3 is 14.2 Å². The molecule has 0 aromatic heterocycles. The maximum atomic E-state index is 11.6. The third-order valence-electron chi connectivity index (χ3n) is 3.82. The minimum atomic E-state index is -0.237. The number of carbonyl (C=O) groups excluding carboxylic acids is 2. The summed E-state index contributed by atoms with van der Waals surface area (Å²) in [7, 11) is 1.56. The van der Waals surface area contributed by atoms with E-state index in [1.807, 2.05) is 0 Å². The molecule has 0 atom stereocenters. The largest absolute Gasteiger partial charge is 0.466 e. The molecule has 0 saturated heterocycles. The fraction of sp³-hybridized carbons (Fsp3) is 0.895. The molecule has 0 aromatic carbocycles. The van der Waals surface area contributed by atoms with Crippen molar-refractivity contribution in [1.82, 2.24) is 0 Å². The third-order valence-corrected chi connectivity index (χ3v) is 3.82. The summed E-state index contributed by atoms with van der Waals surface area (Å²) in [5, 5.41) is 0. The fourth-order valence-electron chi connectivity index (χ4n) is 2.34. The van der Waals surface area contributed by atoms with Gasteiger partial charge >= 0.3 is 11.9 Å². The Morgan fingerprint density at radius 3 is 1.67 bits per heavy atom. The Bertz CT molecular complexity index is 304.